The molecule has 3 rings (SSSR count). The van der Waals surface area contributed by atoms with Crippen molar-refractivity contribution in [3.63, 3.8) is 0 Å². The molecule has 7 heteroatoms. The number of aryl methyl sites for hydroxylation is 1. The Morgan fingerprint density at radius 3 is 2.26 bits per heavy atom. The van der Waals surface area contributed by atoms with Gasteiger partial charge in [0.15, 0.2) is 6.61 Å². The number of esters is 1. The summed E-state index contributed by atoms with van der Waals surface area (Å²) in [5.74, 6) is -1.52. The molecule has 0 unspecified atom stereocenters. The van der Waals surface area contributed by atoms with Crippen LogP contribution in [0.15, 0.2) is 65.1 Å². The number of ketones is 1. The second-order valence-corrected chi connectivity index (χ2v) is 9.42. The van der Waals surface area contributed by atoms with E-state index < -0.39 is 12.0 Å². The Morgan fingerprint density at radius 1 is 0.971 bits per heavy atom. The van der Waals surface area contributed by atoms with E-state index in [1.54, 1.807) is 24.3 Å². The van der Waals surface area contributed by atoms with Crippen LogP contribution in [0.5, 0.6) is 0 Å². The highest BCUT2D eigenvalue weighted by molar-refractivity contribution is 9.10. The number of carbonyl (C=O) groups is 3. The van der Waals surface area contributed by atoms with E-state index in [2.05, 4.69) is 25.8 Å². The largest absolute Gasteiger partial charge is 0.456 e. The monoisotopic (exact) mass is 524 g/mol. The van der Waals surface area contributed by atoms with E-state index in [0.29, 0.717) is 22.1 Å². The molecule has 0 aliphatic rings. The number of nitrogens with one attached hydrogen (secondary N) is 1. The second-order valence-electron chi connectivity index (χ2n) is 8.56. The molecule has 0 saturated carbocycles. The van der Waals surface area contributed by atoms with Gasteiger partial charge in [-0.2, -0.15) is 0 Å². The molecule has 1 atom stereocenters. The molecule has 0 radical (unpaired) electrons. The number of benzene rings is 2. The van der Waals surface area contributed by atoms with Gasteiger partial charge in [0.25, 0.3) is 5.91 Å². The summed E-state index contributed by atoms with van der Waals surface area (Å²) in [7, 11) is 0. The number of ether oxygens (including phenoxy) is 1. The van der Waals surface area contributed by atoms with Gasteiger partial charge in [-0.1, -0.05) is 56.3 Å². The lowest BCUT2D eigenvalue weighted by atomic mass is 10.0. The molecule has 0 bridgehead atoms. The normalized spacial score (nSPS) is 11.8. The van der Waals surface area contributed by atoms with Crippen molar-refractivity contribution < 1.29 is 19.1 Å². The summed E-state index contributed by atoms with van der Waals surface area (Å²) in [4.78, 5) is 38.3. The minimum absolute atomic E-state index is 0.218. The van der Waals surface area contributed by atoms with Gasteiger partial charge in [0.1, 0.15) is 6.04 Å². The van der Waals surface area contributed by atoms with Gasteiger partial charge in [-0.25, -0.2) is 4.79 Å². The minimum atomic E-state index is -0.877. The summed E-state index contributed by atoms with van der Waals surface area (Å²) in [6.45, 7) is 7.73. The van der Waals surface area contributed by atoms with Crippen molar-refractivity contribution in [3.05, 3.63) is 93.2 Å². The van der Waals surface area contributed by atoms with E-state index >= 15 is 0 Å². The van der Waals surface area contributed by atoms with Crippen LogP contribution in [0.1, 0.15) is 51.5 Å². The fourth-order valence-corrected chi connectivity index (χ4v) is 4.22. The molecule has 0 spiro atoms. The van der Waals surface area contributed by atoms with Crippen LogP contribution in [0.25, 0.3) is 0 Å². The van der Waals surface area contributed by atoms with E-state index in [1.165, 1.54) is 0 Å². The highest BCUT2D eigenvalue weighted by Gasteiger charge is 2.28. The van der Waals surface area contributed by atoms with E-state index in [9.17, 15) is 14.4 Å². The van der Waals surface area contributed by atoms with Gasteiger partial charge in [0.2, 0.25) is 5.78 Å². The van der Waals surface area contributed by atoms with E-state index in [1.807, 2.05) is 64.1 Å². The average Bonchev–Trinajstić information content (AvgIpc) is 3.09. The van der Waals surface area contributed by atoms with Crippen LogP contribution in [-0.4, -0.2) is 34.9 Å². The Balaban J connectivity index is 1.66. The Morgan fingerprint density at radius 2 is 1.62 bits per heavy atom. The van der Waals surface area contributed by atoms with Gasteiger partial charge >= 0.3 is 5.97 Å². The number of carbonyl (C=O) groups excluding carboxylic acids is 3. The first-order valence-electron chi connectivity index (χ1n) is 11.1. The zero-order valence-corrected chi connectivity index (χ0v) is 21.4. The van der Waals surface area contributed by atoms with Crippen molar-refractivity contribution in [2.24, 2.45) is 5.92 Å². The van der Waals surface area contributed by atoms with Crippen molar-refractivity contribution in [1.29, 1.82) is 0 Å². The molecule has 1 heterocycles. The summed E-state index contributed by atoms with van der Waals surface area (Å²) in [6.07, 6.45) is 0. The third-order valence-electron chi connectivity index (χ3n) is 5.73. The van der Waals surface area contributed by atoms with Crippen molar-refractivity contribution in [3.8, 4) is 0 Å². The average molecular weight is 525 g/mol. The predicted molar refractivity (Wildman–Crippen MR) is 135 cm³/mol. The van der Waals surface area contributed by atoms with E-state index in [4.69, 9.17) is 4.74 Å². The summed E-state index contributed by atoms with van der Waals surface area (Å²) in [5.41, 5.74) is 3.86. The van der Waals surface area contributed by atoms with Gasteiger partial charge in [-0.3, -0.25) is 9.59 Å². The lowest BCUT2D eigenvalue weighted by molar-refractivity contribution is -0.145. The molecule has 1 amide bonds. The number of rotatable bonds is 9. The number of amides is 1. The maximum Gasteiger partial charge on any atom is 0.329 e. The first kappa shape index (κ1) is 25.4. The molecule has 6 nitrogen and oxygen atoms in total. The molecule has 2 aromatic carbocycles. The first-order valence-corrected chi connectivity index (χ1v) is 11.9. The van der Waals surface area contributed by atoms with Gasteiger partial charge in [0.05, 0.1) is 5.56 Å². The molecule has 1 aromatic heterocycles. The molecule has 0 fully saturated rings. The summed E-state index contributed by atoms with van der Waals surface area (Å²) < 4.78 is 8.04. The first-order chi connectivity index (χ1) is 16.2. The van der Waals surface area contributed by atoms with Gasteiger partial charge in [0, 0.05) is 28.0 Å². The minimum Gasteiger partial charge on any atom is -0.456 e. The Kier molecular flexibility index (Phi) is 8.45. The van der Waals surface area contributed by atoms with E-state index in [-0.39, 0.29) is 24.2 Å². The fourth-order valence-electron chi connectivity index (χ4n) is 3.76. The topological polar surface area (TPSA) is 77.4 Å². The summed E-state index contributed by atoms with van der Waals surface area (Å²) >= 11 is 3.35. The number of Topliss-reactive ketones (excluding diaryl/α,β-unsaturated/α-hetero) is 1. The fraction of sp³-hybridized carbons (Fsp3) is 0.296. The highest BCUT2D eigenvalue weighted by Crippen LogP contribution is 2.19. The molecule has 178 valence electrons. The predicted octanol–water partition coefficient (Wildman–Crippen LogP) is 5.10. The summed E-state index contributed by atoms with van der Waals surface area (Å²) in [6, 6.07) is 17.9. The summed E-state index contributed by atoms with van der Waals surface area (Å²) in [5, 5.41) is 2.73. The second kappa shape index (κ2) is 11.3. The van der Waals surface area contributed by atoms with Crippen LogP contribution >= 0.6 is 15.9 Å². The van der Waals surface area contributed by atoms with Crippen LogP contribution in [0.2, 0.25) is 0 Å². The standard InChI is InChI=1S/C27H29BrN2O4/c1-17(2)25(29-26(32)21-12-8-9-13-23(21)28)27(33)34-16-24(31)22-14-18(3)30(19(22)4)15-20-10-6-5-7-11-20/h5-14,17,25H,15-16H2,1-4H3,(H,29,32)/t25-/m0/s1. The van der Waals surface area contributed by atoms with Crippen molar-refractivity contribution in [1.82, 2.24) is 9.88 Å². The smallest absolute Gasteiger partial charge is 0.329 e. The number of halogens is 1. The van der Waals surface area contributed by atoms with Gasteiger partial charge < -0.3 is 14.6 Å². The molecule has 0 aliphatic carbocycles. The Labute approximate surface area is 208 Å². The number of hydrogen-bond donors (Lipinski definition) is 1. The van der Waals surface area contributed by atoms with Crippen molar-refractivity contribution in [2.45, 2.75) is 40.3 Å². The Bertz CT molecular complexity index is 1180. The number of aromatic nitrogens is 1. The third-order valence-corrected chi connectivity index (χ3v) is 6.42. The molecular weight excluding hydrogens is 496 g/mol. The van der Waals surface area contributed by atoms with Crippen molar-refractivity contribution >= 4 is 33.6 Å². The van der Waals surface area contributed by atoms with Crippen LogP contribution in [0.4, 0.5) is 0 Å². The third kappa shape index (κ3) is 6.03. The SMILES string of the molecule is Cc1cc(C(=O)COC(=O)[C@@H](NC(=O)c2ccccc2Br)C(C)C)c(C)n1Cc1ccccc1. The molecule has 0 aliphatic heterocycles. The van der Waals surface area contributed by atoms with Crippen LogP contribution < -0.4 is 5.32 Å². The van der Waals surface area contributed by atoms with Crippen LogP contribution in [0.3, 0.4) is 0 Å². The molecule has 3 aromatic rings. The highest BCUT2D eigenvalue weighted by atomic mass is 79.9. The lowest BCUT2D eigenvalue weighted by Gasteiger charge is -2.21. The molecular formula is C27H29BrN2O4. The van der Waals surface area contributed by atoms with Crippen molar-refractivity contribution in [2.75, 3.05) is 6.61 Å². The zero-order valence-electron chi connectivity index (χ0n) is 19.8. The quantitative estimate of drug-likeness (QED) is 0.312. The molecule has 34 heavy (non-hydrogen) atoms. The maximum atomic E-state index is 12.9. The van der Waals surface area contributed by atoms with Crippen LogP contribution in [0, 0.1) is 19.8 Å². The zero-order chi connectivity index (χ0) is 24.8. The Hall–Kier alpha value is -3.19. The van der Waals surface area contributed by atoms with Gasteiger partial charge in [-0.15, -0.1) is 0 Å². The number of hydrogen-bond acceptors (Lipinski definition) is 4. The molecule has 1 N–H and O–H groups in total. The van der Waals surface area contributed by atoms with E-state index in [0.717, 1.165) is 17.0 Å². The number of nitrogens with zero attached hydrogens (tertiary/aromatic N) is 1. The molecule has 0 saturated heterocycles. The maximum absolute atomic E-state index is 12.9. The van der Waals surface area contributed by atoms with Gasteiger partial charge in [-0.05, 0) is 59.5 Å². The van der Waals surface area contributed by atoms with Crippen LogP contribution in [-0.2, 0) is 16.1 Å². The lowest BCUT2D eigenvalue weighted by Crippen LogP contribution is -2.45.